The van der Waals surface area contributed by atoms with E-state index in [-0.39, 0.29) is 11.7 Å². The molecule has 0 atom stereocenters. The average molecular weight is 371 g/mol. The number of nitrogens with zero attached hydrogens (tertiary/aromatic N) is 4. The Hall–Kier alpha value is -2.58. The molecule has 134 valence electrons. The van der Waals surface area contributed by atoms with Gasteiger partial charge in [0.2, 0.25) is 5.91 Å². The highest BCUT2D eigenvalue weighted by Crippen LogP contribution is 2.20. The number of carbonyl (C=O) groups is 1. The molecule has 1 aliphatic rings. The second-order valence-electron chi connectivity index (χ2n) is 6.23. The normalized spacial score (nSPS) is 15.3. The monoisotopic (exact) mass is 371 g/mol. The predicted molar refractivity (Wildman–Crippen MR) is 101 cm³/mol. The number of halogens is 1. The van der Waals surface area contributed by atoms with Crippen LogP contribution in [0.15, 0.2) is 42.5 Å². The number of carbonyl (C=O) groups excluding carboxylic acids is 1. The molecule has 8 heteroatoms. The molecule has 0 aliphatic carbocycles. The van der Waals surface area contributed by atoms with Crippen LogP contribution in [0.3, 0.4) is 0 Å². The molecule has 2 aromatic carbocycles. The Morgan fingerprint density at radius 3 is 2.65 bits per heavy atom. The second-order valence-corrected chi connectivity index (χ2v) is 6.76. The third-order valence-corrected chi connectivity index (χ3v) is 5.03. The van der Waals surface area contributed by atoms with Crippen molar-refractivity contribution >= 4 is 40.0 Å². The van der Waals surface area contributed by atoms with E-state index in [0.29, 0.717) is 25.3 Å². The molecular weight excluding hydrogens is 353 g/mol. The van der Waals surface area contributed by atoms with Crippen molar-refractivity contribution < 1.29 is 9.18 Å². The van der Waals surface area contributed by atoms with E-state index in [4.69, 9.17) is 0 Å². The van der Waals surface area contributed by atoms with Gasteiger partial charge < -0.3 is 10.2 Å². The van der Waals surface area contributed by atoms with Gasteiger partial charge in [0, 0.05) is 31.9 Å². The fourth-order valence-corrected chi connectivity index (χ4v) is 3.64. The van der Waals surface area contributed by atoms with Crippen LogP contribution in [0.25, 0.3) is 11.0 Å². The summed E-state index contributed by atoms with van der Waals surface area (Å²) < 4.78 is 22.2. The molecule has 6 nitrogen and oxygen atoms in total. The van der Waals surface area contributed by atoms with Crippen LogP contribution in [0.5, 0.6) is 0 Å². The summed E-state index contributed by atoms with van der Waals surface area (Å²) in [6, 6.07) is 12.3. The predicted octanol–water partition coefficient (Wildman–Crippen LogP) is 2.59. The molecule has 2 heterocycles. The largest absolute Gasteiger partial charge is 0.367 e. The van der Waals surface area contributed by atoms with Crippen molar-refractivity contribution in [3.05, 3.63) is 48.3 Å². The molecule has 1 amide bonds. The van der Waals surface area contributed by atoms with Crippen molar-refractivity contribution in [2.24, 2.45) is 0 Å². The summed E-state index contributed by atoms with van der Waals surface area (Å²) in [5.74, 6) is -0.266. The Balaban J connectivity index is 1.31. The van der Waals surface area contributed by atoms with Crippen molar-refractivity contribution in [3.8, 4) is 0 Å². The molecule has 1 aromatic heterocycles. The minimum atomic E-state index is -0.203. The lowest BCUT2D eigenvalue weighted by Gasteiger charge is -2.35. The number of piperazine rings is 1. The van der Waals surface area contributed by atoms with Crippen molar-refractivity contribution in [2.75, 3.05) is 42.9 Å². The van der Waals surface area contributed by atoms with Crippen molar-refractivity contribution in [3.63, 3.8) is 0 Å². The van der Waals surface area contributed by atoms with Gasteiger partial charge in [0.25, 0.3) is 0 Å². The standard InChI is InChI=1S/C18H18FN5OS/c19-14-3-1-2-4-17(14)24-9-7-23(8-10-24)12-18(25)20-13-5-6-15-16(11-13)22-26-21-15/h1-6,11H,7-10,12H2,(H,20,25). The van der Waals surface area contributed by atoms with E-state index in [1.807, 2.05) is 29.2 Å². The molecule has 0 bridgehead atoms. The maximum absolute atomic E-state index is 13.9. The molecule has 1 fully saturated rings. The molecule has 26 heavy (non-hydrogen) atoms. The van der Waals surface area contributed by atoms with Crippen LogP contribution < -0.4 is 10.2 Å². The first-order valence-corrected chi connectivity index (χ1v) is 9.16. The molecule has 1 saturated heterocycles. The summed E-state index contributed by atoms with van der Waals surface area (Å²) in [6.07, 6.45) is 0. The Morgan fingerprint density at radius 1 is 1.08 bits per heavy atom. The number of hydrogen-bond donors (Lipinski definition) is 1. The maximum atomic E-state index is 13.9. The number of hydrogen-bond acceptors (Lipinski definition) is 6. The summed E-state index contributed by atoms with van der Waals surface area (Å²) in [4.78, 5) is 16.4. The fourth-order valence-electron chi connectivity index (χ4n) is 3.12. The van der Waals surface area contributed by atoms with Crippen molar-refractivity contribution in [2.45, 2.75) is 0 Å². The minimum absolute atomic E-state index is 0.0631. The zero-order valence-electron chi connectivity index (χ0n) is 14.1. The van der Waals surface area contributed by atoms with E-state index in [0.717, 1.165) is 41.5 Å². The first kappa shape index (κ1) is 16.9. The van der Waals surface area contributed by atoms with E-state index in [9.17, 15) is 9.18 Å². The van der Waals surface area contributed by atoms with Crippen LogP contribution in [0, 0.1) is 5.82 Å². The number of nitrogens with one attached hydrogen (secondary N) is 1. The zero-order valence-corrected chi connectivity index (χ0v) is 14.9. The quantitative estimate of drug-likeness (QED) is 0.764. The average Bonchev–Trinajstić information content (AvgIpc) is 3.11. The van der Waals surface area contributed by atoms with Crippen LogP contribution in [0.4, 0.5) is 15.8 Å². The van der Waals surface area contributed by atoms with Gasteiger partial charge >= 0.3 is 0 Å². The molecule has 0 spiro atoms. The Kier molecular flexibility index (Phi) is 4.77. The Morgan fingerprint density at radius 2 is 1.85 bits per heavy atom. The highest BCUT2D eigenvalue weighted by atomic mass is 32.1. The van der Waals surface area contributed by atoms with Crippen LogP contribution >= 0.6 is 11.7 Å². The first-order valence-electron chi connectivity index (χ1n) is 8.43. The molecule has 0 radical (unpaired) electrons. The number of para-hydroxylation sites is 1. The summed E-state index contributed by atoms with van der Waals surface area (Å²) in [7, 11) is 0. The van der Waals surface area contributed by atoms with Crippen molar-refractivity contribution in [1.29, 1.82) is 0 Å². The smallest absolute Gasteiger partial charge is 0.238 e. The van der Waals surface area contributed by atoms with E-state index in [2.05, 4.69) is 19.0 Å². The number of amides is 1. The topological polar surface area (TPSA) is 61.4 Å². The third kappa shape index (κ3) is 3.66. The molecule has 4 rings (SSSR count). The van der Waals surface area contributed by atoms with E-state index < -0.39 is 0 Å². The zero-order chi connectivity index (χ0) is 17.9. The third-order valence-electron chi connectivity index (χ3n) is 4.47. The molecule has 0 unspecified atom stereocenters. The van der Waals surface area contributed by atoms with E-state index >= 15 is 0 Å². The Labute approximate surface area is 154 Å². The van der Waals surface area contributed by atoms with Gasteiger partial charge in [0.05, 0.1) is 24.0 Å². The number of benzene rings is 2. The van der Waals surface area contributed by atoms with Gasteiger partial charge in [0.1, 0.15) is 16.9 Å². The lowest BCUT2D eigenvalue weighted by atomic mass is 10.2. The van der Waals surface area contributed by atoms with Crippen molar-refractivity contribution in [1.82, 2.24) is 13.6 Å². The van der Waals surface area contributed by atoms with Gasteiger partial charge in [0.15, 0.2) is 0 Å². The summed E-state index contributed by atoms with van der Waals surface area (Å²) in [5.41, 5.74) is 2.96. The minimum Gasteiger partial charge on any atom is -0.367 e. The van der Waals surface area contributed by atoms with Crippen LogP contribution in [-0.2, 0) is 4.79 Å². The van der Waals surface area contributed by atoms with Gasteiger partial charge in [-0.25, -0.2) is 4.39 Å². The fraction of sp³-hybridized carbons (Fsp3) is 0.278. The highest BCUT2D eigenvalue weighted by Gasteiger charge is 2.20. The van der Waals surface area contributed by atoms with Gasteiger partial charge in [-0.15, -0.1) is 0 Å². The van der Waals surface area contributed by atoms with Gasteiger partial charge in [-0.1, -0.05) is 12.1 Å². The van der Waals surface area contributed by atoms with Gasteiger partial charge in [-0.2, -0.15) is 8.75 Å². The molecule has 1 N–H and O–H groups in total. The summed E-state index contributed by atoms with van der Waals surface area (Å²) in [6.45, 7) is 3.15. The lowest BCUT2D eigenvalue weighted by Crippen LogP contribution is -2.48. The van der Waals surface area contributed by atoms with Gasteiger partial charge in [-0.3, -0.25) is 9.69 Å². The Bertz CT molecular complexity index is 923. The SMILES string of the molecule is O=C(CN1CCN(c2ccccc2F)CC1)Nc1ccc2nsnc2c1. The number of aromatic nitrogens is 2. The van der Waals surface area contributed by atoms with E-state index in [1.165, 1.54) is 6.07 Å². The highest BCUT2D eigenvalue weighted by molar-refractivity contribution is 7.00. The van der Waals surface area contributed by atoms with E-state index in [1.54, 1.807) is 12.1 Å². The van der Waals surface area contributed by atoms with Crippen LogP contribution in [0.2, 0.25) is 0 Å². The number of rotatable bonds is 4. The molecule has 0 saturated carbocycles. The van der Waals surface area contributed by atoms with Gasteiger partial charge in [-0.05, 0) is 30.3 Å². The number of fused-ring (bicyclic) bond motifs is 1. The maximum Gasteiger partial charge on any atom is 0.238 e. The summed E-state index contributed by atoms with van der Waals surface area (Å²) >= 11 is 1.16. The summed E-state index contributed by atoms with van der Waals surface area (Å²) in [5, 5.41) is 2.91. The lowest BCUT2D eigenvalue weighted by molar-refractivity contribution is -0.117. The molecule has 1 aliphatic heterocycles. The van der Waals surface area contributed by atoms with Crippen LogP contribution in [-0.4, -0.2) is 52.3 Å². The first-order chi connectivity index (χ1) is 12.7. The van der Waals surface area contributed by atoms with Crippen LogP contribution in [0.1, 0.15) is 0 Å². The molecular formula is C18H18FN5OS. The molecule has 3 aromatic rings. The second kappa shape index (κ2) is 7.35. The number of anilines is 2.